The van der Waals surface area contributed by atoms with Gasteiger partial charge in [0.2, 0.25) is 5.95 Å². The second-order valence-corrected chi connectivity index (χ2v) is 4.11. The Hall–Kier alpha value is -1.89. The molecule has 3 N–H and O–H groups in total. The molecule has 2 aromatic rings. The normalized spacial score (nSPS) is 11.6. The smallest absolute Gasteiger partial charge is 0.309 e. The molecule has 84 valence electrons. The molecule has 0 bridgehead atoms. The average Bonchev–Trinajstić information content (AvgIpc) is 2.53. The quantitative estimate of drug-likeness (QED) is 0.736. The molecule has 16 heavy (non-hydrogen) atoms. The standard InChI is InChI=1S/C9H10N4O2S/c1-2-3-4-13-6-5(16-9(13)15)7(14)12-8(10)11-6/h2-3H,4H2,1H3,(H3,10,11,12,14). The monoisotopic (exact) mass is 238 g/mol. The van der Waals surface area contributed by atoms with E-state index in [0.717, 1.165) is 11.3 Å². The molecule has 2 heterocycles. The lowest BCUT2D eigenvalue weighted by Crippen LogP contribution is -2.14. The van der Waals surface area contributed by atoms with Crippen LogP contribution in [-0.2, 0) is 6.54 Å². The van der Waals surface area contributed by atoms with E-state index in [2.05, 4.69) is 9.97 Å². The van der Waals surface area contributed by atoms with Crippen LogP contribution in [0.25, 0.3) is 10.3 Å². The minimum absolute atomic E-state index is 0.0181. The number of anilines is 1. The van der Waals surface area contributed by atoms with Gasteiger partial charge in [0.15, 0.2) is 5.65 Å². The molecule has 2 rings (SSSR count). The van der Waals surface area contributed by atoms with Crippen molar-refractivity contribution in [1.29, 1.82) is 0 Å². The number of aromatic nitrogens is 3. The Morgan fingerprint density at radius 1 is 1.56 bits per heavy atom. The number of H-pyrrole nitrogens is 1. The molecule has 0 saturated heterocycles. The number of rotatable bonds is 2. The van der Waals surface area contributed by atoms with Gasteiger partial charge in [-0.3, -0.25) is 19.1 Å². The lowest BCUT2D eigenvalue weighted by Gasteiger charge is -1.98. The van der Waals surface area contributed by atoms with Crippen molar-refractivity contribution in [3.63, 3.8) is 0 Å². The van der Waals surface area contributed by atoms with Gasteiger partial charge in [-0.25, -0.2) is 0 Å². The van der Waals surface area contributed by atoms with E-state index in [9.17, 15) is 9.59 Å². The first-order chi connectivity index (χ1) is 7.63. The van der Waals surface area contributed by atoms with Crippen LogP contribution >= 0.6 is 11.3 Å². The largest absolute Gasteiger partial charge is 0.369 e. The van der Waals surface area contributed by atoms with Gasteiger partial charge in [0, 0.05) is 6.54 Å². The Labute approximate surface area is 94.1 Å². The molecule has 2 aromatic heterocycles. The van der Waals surface area contributed by atoms with E-state index in [1.807, 2.05) is 19.1 Å². The number of nitrogen functional groups attached to an aromatic ring is 1. The first-order valence-corrected chi connectivity index (χ1v) is 5.45. The number of allylic oxidation sites excluding steroid dienone is 2. The summed E-state index contributed by atoms with van der Waals surface area (Å²) in [7, 11) is 0. The van der Waals surface area contributed by atoms with E-state index in [1.165, 1.54) is 4.57 Å². The van der Waals surface area contributed by atoms with Crippen LogP contribution in [-0.4, -0.2) is 14.5 Å². The van der Waals surface area contributed by atoms with Crippen molar-refractivity contribution >= 4 is 27.6 Å². The molecule has 0 radical (unpaired) electrons. The maximum Gasteiger partial charge on any atom is 0.309 e. The Morgan fingerprint density at radius 2 is 2.31 bits per heavy atom. The summed E-state index contributed by atoms with van der Waals surface area (Å²) < 4.78 is 1.73. The highest BCUT2D eigenvalue weighted by Gasteiger charge is 2.11. The zero-order valence-corrected chi connectivity index (χ0v) is 9.37. The van der Waals surface area contributed by atoms with Crippen molar-refractivity contribution in [3.05, 3.63) is 32.2 Å². The van der Waals surface area contributed by atoms with E-state index >= 15 is 0 Å². The number of aromatic amines is 1. The van der Waals surface area contributed by atoms with Gasteiger partial charge in [0.1, 0.15) is 4.70 Å². The Kier molecular flexibility index (Phi) is 2.61. The van der Waals surface area contributed by atoms with Gasteiger partial charge in [-0.2, -0.15) is 4.98 Å². The third kappa shape index (κ3) is 1.65. The lowest BCUT2D eigenvalue weighted by atomic mass is 10.5. The number of nitrogens with two attached hydrogens (primary N) is 1. The minimum Gasteiger partial charge on any atom is -0.369 e. The highest BCUT2D eigenvalue weighted by Crippen LogP contribution is 2.10. The molecule has 0 aromatic carbocycles. The number of nitrogens with one attached hydrogen (secondary N) is 1. The fourth-order valence-electron chi connectivity index (χ4n) is 1.34. The third-order valence-corrected chi connectivity index (χ3v) is 3.03. The van der Waals surface area contributed by atoms with Crippen molar-refractivity contribution in [3.8, 4) is 0 Å². The molecule has 0 aliphatic rings. The predicted molar refractivity (Wildman–Crippen MR) is 63.7 cm³/mol. The number of hydrogen-bond donors (Lipinski definition) is 2. The molecule has 0 amide bonds. The van der Waals surface area contributed by atoms with Crippen LogP contribution in [0.3, 0.4) is 0 Å². The number of thiazole rings is 1. The zero-order chi connectivity index (χ0) is 11.7. The molecular weight excluding hydrogens is 228 g/mol. The highest BCUT2D eigenvalue weighted by molar-refractivity contribution is 7.16. The number of fused-ring (bicyclic) bond motifs is 1. The summed E-state index contributed by atoms with van der Waals surface area (Å²) >= 11 is 0.876. The topological polar surface area (TPSA) is 93.8 Å². The zero-order valence-electron chi connectivity index (χ0n) is 8.56. The molecular formula is C9H10N4O2S. The van der Waals surface area contributed by atoms with E-state index in [1.54, 1.807) is 0 Å². The summed E-state index contributed by atoms with van der Waals surface area (Å²) in [6, 6.07) is 0. The molecule has 0 spiro atoms. The van der Waals surface area contributed by atoms with E-state index in [0.29, 0.717) is 16.9 Å². The molecule has 0 fully saturated rings. The fourth-order valence-corrected chi connectivity index (χ4v) is 2.18. The maximum atomic E-state index is 11.6. The van der Waals surface area contributed by atoms with Gasteiger partial charge in [-0.15, -0.1) is 0 Å². The molecule has 7 heteroatoms. The van der Waals surface area contributed by atoms with Crippen molar-refractivity contribution in [1.82, 2.24) is 14.5 Å². The van der Waals surface area contributed by atoms with Crippen LogP contribution in [0.15, 0.2) is 21.7 Å². The highest BCUT2D eigenvalue weighted by atomic mass is 32.1. The number of hydrogen-bond acceptors (Lipinski definition) is 5. The maximum absolute atomic E-state index is 11.6. The second kappa shape index (κ2) is 3.93. The molecule has 6 nitrogen and oxygen atoms in total. The molecule has 0 saturated carbocycles. The van der Waals surface area contributed by atoms with Gasteiger partial charge in [-0.05, 0) is 6.92 Å². The summed E-state index contributed by atoms with van der Waals surface area (Å²) in [5, 5.41) is 0. The first-order valence-electron chi connectivity index (χ1n) is 4.63. The summed E-state index contributed by atoms with van der Waals surface area (Å²) in [4.78, 5) is 29.2. The molecule has 0 aliphatic carbocycles. The van der Waals surface area contributed by atoms with Crippen molar-refractivity contribution in [2.24, 2.45) is 0 Å². The molecule has 0 aliphatic heterocycles. The third-order valence-electron chi connectivity index (χ3n) is 2.07. The van der Waals surface area contributed by atoms with Crippen LogP contribution in [0.5, 0.6) is 0 Å². The minimum atomic E-state index is -0.371. The van der Waals surface area contributed by atoms with Crippen LogP contribution in [0, 0.1) is 0 Å². The molecule has 0 atom stereocenters. The second-order valence-electron chi connectivity index (χ2n) is 3.15. The summed E-state index contributed by atoms with van der Waals surface area (Å²) in [6.07, 6.45) is 3.64. The summed E-state index contributed by atoms with van der Waals surface area (Å²) in [6.45, 7) is 2.25. The van der Waals surface area contributed by atoms with Gasteiger partial charge in [-0.1, -0.05) is 23.5 Å². The Bertz CT molecular complexity index is 664. The van der Waals surface area contributed by atoms with Gasteiger partial charge < -0.3 is 5.73 Å². The van der Waals surface area contributed by atoms with E-state index in [4.69, 9.17) is 5.73 Å². The van der Waals surface area contributed by atoms with Gasteiger partial charge in [0.25, 0.3) is 5.56 Å². The summed E-state index contributed by atoms with van der Waals surface area (Å²) in [5.41, 5.74) is 5.41. The van der Waals surface area contributed by atoms with Crippen molar-refractivity contribution < 1.29 is 0 Å². The lowest BCUT2D eigenvalue weighted by molar-refractivity contribution is 0.825. The predicted octanol–water partition coefficient (Wildman–Crippen LogP) is 0.305. The Balaban J connectivity index is 2.78. The van der Waals surface area contributed by atoms with Crippen molar-refractivity contribution in [2.45, 2.75) is 13.5 Å². The molecule has 0 unspecified atom stereocenters. The van der Waals surface area contributed by atoms with Crippen LogP contribution in [0.2, 0.25) is 0 Å². The van der Waals surface area contributed by atoms with Crippen LogP contribution < -0.4 is 16.2 Å². The van der Waals surface area contributed by atoms with Crippen LogP contribution in [0.1, 0.15) is 6.92 Å². The van der Waals surface area contributed by atoms with Crippen LogP contribution in [0.4, 0.5) is 5.95 Å². The van der Waals surface area contributed by atoms with Gasteiger partial charge in [0.05, 0.1) is 0 Å². The van der Waals surface area contributed by atoms with E-state index in [-0.39, 0.29) is 16.4 Å². The average molecular weight is 238 g/mol. The Morgan fingerprint density at radius 3 is 3.00 bits per heavy atom. The SMILES string of the molecule is CC=CCn1c(=O)sc2c(=O)[nH]c(N)nc21. The summed E-state index contributed by atoms with van der Waals surface area (Å²) in [5.74, 6) is 0.0181. The first kappa shape index (κ1) is 10.6. The van der Waals surface area contributed by atoms with Crippen molar-refractivity contribution in [2.75, 3.05) is 5.73 Å². The fraction of sp³-hybridized carbons (Fsp3) is 0.222. The van der Waals surface area contributed by atoms with Gasteiger partial charge >= 0.3 is 4.87 Å². The van der Waals surface area contributed by atoms with E-state index < -0.39 is 0 Å². The number of nitrogens with zero attached hydrogens (tertiary/aromatic N) is 2.